The lowest BCUT2D eigenvalue weighted by Crippen LogP contribution is -2.75. The smallest absolute Gasteiger partial charge is 0.319 e. The molecule has 0 unspecified atom stereocenters. The van der Waals surface area contributed by atoms with Gasteiger partial charge in [0.15, 0.2) is 0 Å². The van der Waals surface area contributed by atoms with Crippen LogP contribution in [-0.4, -0.2) is 35.5 Å². The van der Waals surface area contributed by atoms with Gasteiger partial charge in [-0.3, -0.25) is 15.1 Å². The fraction of sp³-hybridized carbons (Fsp3) is 0.714. The van der Waals surface area contributed by atoms with Crippen molar-refractivity contribution in [3.63, 3.8) is 0 Å². The standard InChI is InChI=1S/C21H25F6N3O/c22-20(23,24)19(21(25,26)27,30-17(31)16-2-1-4-28-12-16)29-5-3-18-9-13-6-14(10-18)8-15(7-13)11-18/h1-2,4,12-15,29H,3,5-11H2,(H,30,31). The maximum absolute atomic E-state index is 13.8. The summed E-state index contributed by atoms with van der Waals surface area (Å²) in [5, 5.41) is 2.88. The third-order valence-corrected chi connectivity index (χ3v) is 7.29. The Hall–Kier alpha value is -1.84. The predicted octanol–water partition coefficient (Wildman–Crippen LogP) is 4.83. The largest absolute Gasteiger partial charge is 0.434 e. The Balaban J connectivity index is 1.53. The normalized spacial score (nSPS) is 30.5. The molecule has 0 aromatic carbocycles. The highest BCUT2D eigenvalue weighted by molar-refractivity contribution is 5.94. The van der Waals surface area contributed by atoms with Crippen LogP contribution in [0.2, 0.25) is 0 Å². The minimum absolute atomic E-state index is 0.196. The minimum Gasteiger partial charge on any atom is -0.319 e. The molecule has 1 aromatic rings. The topological polar surface area (TPSA) is 54.0 Å². The van der Waals surface area contributed by atoms with Crippen molar-refractivity contribution < 1.29 is 31.1 Å². The first-order chi connectivity index (χ1) is 14.4. The van der Waals surface area contributed by atoms with Crippen LogP contribution in [0, 0.1) is 23.2 Å². The van der Waals surface area contributed by atoms with E-state index in [0.29, 0.717) is 17.8 Å². The molecule has 4 bridgehead atoms. The second kappa shape index (κ2) is 7.64. The number of amides is 1. The molecule has 5 rings (SSSR count). The SMILES string of the molecule is O=C(NC(NCCC12CC3CC(CC(C3)C1)C2)(C(F)(F)F)C(F)(F)F)c1cccnc1. The van der Waals surface area contributed by atoms with Crippen LogP contribution >= 0.6 is 0 Å². The molecule has 0 spiro atoms. The summed E-state index contributed by atoms with van der Waals surface area (Å²) in [4.78, 5) is 15.8. The molecule has 0 saturated heterocycles. The second-order valence-corrected chi connectivity index (χ2v) is 9.54. The molecular formula is C21H25F6N3O. The Morgan fingerprint density at radius 1 is 1.00 bits per heavy atom. The molecule has 0 atom stereocenters. The number of carbonyl (C=O) groups is 1. The number of nitrogens with one attached hydrogen (secondary N) is 2. The van der Waals surface area contributed by atoms with E-state index in [4.69, 9.17) is 0 Å². The van der Waals surface area contributed by atoms with Crippen LogP contribution in [0.25, 0.3) is 0 Å². The molecule has 1 aromatic heterocycles. The fourth-order valence-electron chi connectivity index (χ4n) is 6.40. The number of hydrogen-bond donors (Lipinski definition) is 2. The van der Waals surface area contributed by atoms with Gasteiger partial charge in [-0.05, 0) is 86.8 Å². The van der Waals surface area contributed by atoms with Crippen LogP contribution in [0.5, 0.6) is 0 Å². The van der Waals surface area contributed by atoms with Gasteiger partial charge in [-0.1, -0.05) is 0 Å². The fourth-order valence-corrected chi connectivity index (χ4v) is 6.40. The number of alkyl halides is 6. The molecule has 0 radical (unpaired) electrons. The lowest BCUT2D eigenvalue weighted by molar-refractivity contribution is -0.314. The highest BCUT2D eigenvalue weighted by atomic mass is 19.4. The maximum Gasteiger partial charge on any atom is 0.434 e. The van der Waals surface area contributed by atoms with Gasteiger partial charge in [0.25, 0.3) is 11.6 Å². The first-order valence-electron chi connectivity index (χ1n) is 10.5. The number of aromatic nitrogens is 1. The third kappa shape index (κ3) is 4.15. The highest BCUT2D eigenvalue weighted by Gasteiger charge is 2.72. The zero-order chi connectivity index (χ0) is 22.5. The van der Waals surface area contributed by atoms with E-state index in [9.17, 15) is 31.1 Å². The van der Waals surface area contributed by atoms with Crippen molar-refractivity contribution in [2.24, 2.45) is 23.2 Å². The van der Waals surface area contributed by atoms with E-state index in [-0.39, 0.29) is 17.4 Å². The van der Waals surface area contributed by atoms with Crippen LogP contribution in [-0.2, 0) is 0 Å². The van der Waals surface area contributed by atoms with Crippen LogP contribution in [0.3, 0.4) is 0 Å². The summed E-state index contributed by atoms with van der Waals surface area (Å²) in [7, 11) is 0. The van der Waals surface area contributed by atoms with Gasteiger partial charge in [0.05, 0.1) is 5.56 Å². The van der Waals surface area contributed by atoms with E-state index in [0.717, 1.165) is 50.8 Å². The summed E-state index contributed by atoms with van der Waals surface area (Å²) in [6.07, 6.45) is -3.17. The number of rotatable bonds is 6. The summed E-state index contributed by atoms with van der Waals surface area (Å²) < 4.78 is 82.9. The molecule has 1 heterocycles. The van der Waals surface area contributed by atoms with Crippen molar-refractivity contribution in [1.29, 1.82) is 0 Å². The second-order valence-electron chi connectivity index (χ2n) is 9.54. The van der Waals surface area contributed by atoms with Crippen molar-refractivity contribution in [2.75, 3.05) is 6.54 Å². The van der Waals surface area contributed by atoms with Gasteiger partial charge in [-0.2, -0.15) is 26.3 Å². The monoisotopic (exact) mass is 449 g/mol. The highest BCUT2D eigenvalue weighted by Crippen LogP contribution is 2.61. The van der Waals surface area contributed by atoms with E-state index in [2.05, 4.69) is 4.98 Å². The summed E-state index contributed by atoms with van der Waals surface area (Å²) >= 11 is 0. The lowest BCUT2D eigenvalue weighted by atomic mass is 9.49. The summed E-state index contributed by atoms with van der Waals surface area (Å²) in [5.41, 5.74) is -5.11. The van der Waals surface area contributed by atoms with Gasteiger partial charge in [0.2, 0.25) is 0 Å². The average Bonchev–Trinajstić information content (AvgIpc) is 2.64. The van der Waals surface area contributed by atoms with Gasteiger partial charge in [0, 0.05) is 12.4 Å². The summed E-state index contributed by atoms with van der Waals surface area (Å²) in [6, 6.07) is 2.37. The van der Waals surface area contributed by atoms with Crippen molar-refractivity contribution in [1.82, 2.24) is 15.6 Å². The van der Waals surface area contributed by atoms with Crippen molar-refractivity contribution in [3.8, 4) is 0 Å². The Kier molecular flexibility index (Phi) is 5.51. The van der Waals surface area contributed by atoms with Crippen LogP contribution < -0.4 is 10.6 Å². The Bertz CT molecular complexity index is 758. The molecule has 4 nitrogen and oxygen atoms in total. The number of hydrogen-bond acceptors (Lipinski definition) is 3. The molecule has 10 heteroatoms. The third-order valence-electron chi connectivity index (χ3n) is 7.29. The van der Waals surface area contributed by atoms with E-state index >= 15 is 0 Å². The van der Waals surface area contributed by atoms with E-state index in [1.807, 2.05) is 0 Å². The van der Waals surface area contributed by atoms with Crippen LogP contribution in [0.4, 0.5) is 26.3 Å². The van der Waals surface area contributed by atoms with Gasteiger partial charge < -0.3 is 5.32 Å². The number of carbonyl (C=O) groups excluding carboxylic acids is 1. The quantitative estimate of drug-likeness (QED) is 0.483. The van der Waals surface area contributed by atoms with Crippen molar-refractivity contribution in [3.05, 3.63) is 30.1 Å². The molecule has 4 aliphatic rings. The van der Waals surface area contributed by atoms with Gasteiger partial charge in [0.1, 0.15) is 0 Å². The number of pyridine rings is 1. The minimum atomic E-state index is -5.79. The first kappa shape index (κ1) is 22.4. The number of halogens is 6. The Labute approximate surface area is 176 Å². The zero-order valence-electron chi connectivity index (χ0n) is 16.8. The van der Waals surface area contributed by atoms with Gasteiger partial charge in [-0.15, -0.1) is 0 Å². The van der Waals surface area contributed by atoms with Gasteiger partial charge in [-0.25, -0.2) is 0 Å². The Morgan fingerprint density at radius 3 is 2.00 bits per heavy atom. The lowest BCUT2D eigenvalue weighted by Gasteiger charge is -2.57. The molecular weight excluding hydrogens is 424 g/mol. The van der Waals surface area contributed by atoms with Gasteiger partial charge >= 0.3 is 12.4 Å². The van der Waals surface area contributed by atoms with Crippen molar-refractivity contribution in [2.45, 2.75) is 63.0 Å². The van der Waals surface area contributed by atoms with Crippen LogP contribution in [0.15, 0.2) is 24.5 Å². The van der Waals surface area contributed by atoms with E-state index in [1.165, 1.54) is 17.6 Å². The molecule has 4 fully saturated rings. The Morgan fingerprint density at radius 2 is 1.55 bits per heavy atom. The van der Waals surface area contributed by atoms with E-state index < -0.39 is 30.5 Å². The molecule has 0 aliphatic heterocycles. The molecule has 172 valence electrons. The summed E-state index contributed by atoms with van der Waals surface area (Å²) in [5.74, 6) is 0.106. The van der Waals surface area contributed by atoms with Crippen LogP contribution in [0.1, 0.15) is 55.3 Å². The predicted molar refractivity (Wildman–Crippen MR) is 99.8 cm³/mol. The zero-order valence-corrected chi connectivity index (χ0v) is 16.8. The first-order valence-corrected chi connectivity index (χ1v) is 10.5. The van der Waals surface area contributed by atoms with E-state index in [1.54, 1.807) is 5.32 Å². The van der Waals surface area contributed by atoms with Crippen molar-refractivity contribution >= 4 is 5.91 Å². The maximum atomic E-state index is 13.8. The molecule has 1 amide bonds. The summed E-state index contributed by atoms with van der Waals surface area (Å²) in [6.45, 7) is -0.488. The molecule has 2 N–H and O–H groups in total. The molecule has 31 heavy (non-hydrogen) atoms. The number of nitrogens with zero attached hydrogens (tertiary/aromatic N) is 1. The molecule has 4 aliphatic carbocycles. The molecule has 4 saturated carbocycles. The average molecular weight is 449 g/mol.